The van der Waals surface area contributed by atoms with Crippen molar-refractivity contribution in [1.82, 2.24) is 9.97 Å². The lowest BCUT2D eigenvalue weighted by Crippen LogP contribution is -2.55. The number of anilines is 2. The van der Waals surface area contributed by atoms with E-state index >= 15 is 13.2 Å². The predicted octanol–water partition coefficient (Wildman–Crippen LogP) is 7.26. The van der Waals surface area contributed by atoms with E-state index in [1.165, 1.54) is 31.2 Å². The number of nitriles is 1. The summed E-state index contributed by atoms with van der Waals surface area (Å²) in [7, 11) is 0. The molecule has 2 aromatic carbocycles. The van der Waals surface area contributed by atoms with E-state index in [4.69, 9.17) is 26.4 Å². The number of alkyl halides is 2. The van der Waals surface area contributed by atoms with Crippen molar-refractivity contribution < 1.29 is 37.0 Å². The van der Waals surface area contributed by atoms with Gasteiger partial charge in [0.25, 0.3) is 11.8 Å². The molecule has 0 atom stereocenters. The molecule has 2 fully saturated rings. The van der Waals surface area contributed by atoms with Gasteiger partial charge in [0.05, 0.1) is 22.7 Å². The molecule has 0 radical (unpaired) electrons. The lowest BCUT2D eigenvalue weighted by Gasteiger charge is -2.43. The molecule has 0 N–H and O–H groups in total. The maximum atomic E-state index is 15.9. The number of ether oxygens (including phenoxy) is 3. The van der Waals surface area contributed by atoms with E-state index in [1.807, 2.05) is 0 Å². The Kier molecular flexibility index (Phi) is 9.38. The summed E-state index contributed by atoms with van der Waals surface area (Å²) in [6.45, 7) is 8.04. The molecule has 0 unspecified atom stereocenters. The third-order valence-electron chi connectivity index (χ3n) is 7.97. The van der Waals surface area contributed by atoms with Crippen LogP contribution in [0.25, 0.3) is 10.9 Å². The van der Waals surface area contributed by atoms with Crippen LogP contribution in [0.4, 0.5) is 29.3 Å². The number of amides is 1. The van der Waals surface area contributed by atoms with E-state index in [9.17, 15) is 14.9 Å². The van der Waals surface area contributed by atoms with E-state index in [2.05, 4.69) is 9.97 Å². The number of halogens is 3. The lowest BCUT2D eigenvalue weighted by molar-refractivity contribution is -0.123. The molecule has 0 bridgehead atoms. The van der Waals surface area contributed by atoms with Gasteiger partial charge in [-0.25, -0.2) is 14.2 Å². The van der Waals surface area contributed by atoms with E-state index < -0.39 is 40.5 Å². The van der Waals surface area contributed by atoms with Gasteiger partial charge in [-0.15, -0.1) is 0 Å². The number of benzene rings is 2. The first kappa shape index (κ1) is 34.6. The third-order valence-corrected chi connectivity index (χ3v) is 8.33. The molecule has 252 valence electrons. The Morgan fingerprint density at radius 3 is 2.48 bits per heavy atom. The molecular weight excluding hydrogens is 647 g/mol. The van der Waals surface area contributed by atoms with Crippen LogP contribution in [0.2, 0.25) is 0 Å². The van der Waals surface area contributed by atoms with Crippen LogP contribution >= 0.6 is 12.2 Å². The normalized spacial score (nSPS) is 16.1. The molecule has 1 spiro atoms. The number of hydrogen-bond donors (Lipinski definition) is 0. The van der Waals surface area contributed by atoms with E-state index in [0.29, 0.717) is 37.6 Å². The number of thiocarbonyl (C=S) groups is 1. The van der Waals surface area contributed by atoms with Crippen molar-refractivity contribution >= 4 is 51.7 Å². The zero-order valence-electron chi connectivity index (χ0n) is 27.1. The van der Waals surface area contributed by atoms with Crippen molar-refractivity contribution in [2.45, 2.75) is 77.4 Å². The number of carbonyl (C=O) groups is 2. The van der Waals surface area contributed by atoms with E-state index in [1.54, 1.807) is 44.7 Å². The highest BCUT2D eigenvalue weighted by atomic mass is 32.1. The molecule has 2 aliphatic rings. The summed E-state index contributed by atoms with van der Waals surface area (Å²) >= 11 is 5.81. The average Bonchev–Trinajstić information content (AvgIpc) is 3.24. The van der Waals surface area contributed by atoms with Crippen LogP contribution in [0.1, 0.15) is 70.8 Å². The number of hydrogen-bond acceptors (Lipinski definition) is 9. The summed E-state index contributed by atoms with van der Waals surface area (Å²) in [6, 6.07) is 8.27. The van der Waals surface area contributed by atoms with Crippen molar-refractivity contribution in [1.29, 1.82) is 5.26 Å². The molecule has 10 nitrogen and oxygen atoms in total. The van der Waals surface area contributed by atoms with Crippen LogP contribution in [0.15, 0.2) is 42.5 Å². The molecule has 1 aromatic heterocycles. The Bertz CT molecular complexity index is 1870. The van der Waals surface area contributed by atoms with Crippen molar-refractivity contribution in [2.24, 2.45) is 0 Å². The average molecular weight is 682 g/mol. The van der Waals surface area contributed by atoms with Gasteiger partial charge in [0.1, 0.15) is 35.7 Å². The van der Waals surface area contributed by atoms with Gasteiger partial charge in [-0.05, 0) is 95.6 Å². The minimum atomic E-state index is -3.48. The molecule has 5 rings (SSSR count). The Morgan fingerprint density at radius 1 is 1.15 bits per heavy atom. The highest BCUT2D eigenvalue weighted by Crippen LogP contribution is 2.49. The molecule has 1 amide bonds. The molecule has 2 heterocycles. The standard InChI is InChI=1S/C34H34F3N5O5S/c1-6-11-34(36,37)24-17-21(10-9-20(24)19-38)41-29(43)33(12-8-13-33)42(30(41)48)22-16-23-27(25(35)18-22)39-26(7-2)40-28(23)45-14-15-46-31(44)47-32(3,4)5/h6,9-11,16-18H,7-8,12-15H2,1-5H3/b11-6+. The zero-order valence-corrected chi connectivity index (χ0v) is 27.9. The first-order valence-electron chi connectivity index (χ1n) is 15.4. The molecule has 1 saturated heterocycles. The van der Waals surface area contributed by atoms with Crippen LogP contribution in [0.3, 0.4) is 0 Å². The monoisotopic (exact) mass is 681 g/mol. The van der Waals surface area contributed by atoms with Crippen molar-refractivity contribution in [2.75, 3.05) is 23.0 Å². The number of rotatable bonds is 9. The molecule has 3 aromatic rings. The third kappa shape index (κ3) is 6.38. The number of allylic oxidation sites excluding steroid dienone is 2. The lowest BCUT2D eigenvalue weighted by atomic mass is 9.75. The Hall–Kier alpha value is -4.77. The number of carbonyl (C=O) groups excluding carboxylic acids is 2. The smallest absolute Gasteiger partial charge is 0.474 e. The summed E-state index contributed by atoms with van der Waals surface area (Å²) in [5.41, 5.74) is -2.48. The maximum absolute atomic E-state index is 15.9. The largest absolute Gasteiger partial charge is 0.508 e. The Balaban J connectivity index is 1.52. The molecular formula is C34H34F3N5O5S. The quantitative estimate of drug-likeness (QED) is 0.0988. The summed E-state index contributed by atoms with van der Waals surface area (Å²) in [5.74, 6) is -4.30. The molecule has 1 aliphatic carbocycles. The van der Waals surface area contributed by atoms with Gasteiger partial charge >= 0.3 is 6.16 Å². The van der Waals surface area contributed by atoms with Gasteiger partial charge in [-0.3, -0.25) is 9.69 Å². The Morgan fingerprint density at radius 2 is 1.88 bits per heavy atom. The summed E-state index contributed by atoms with van der Waals surface area (Å²) in [4.78, 5) is 37.5. The van der Waals surface area contributed by atoms with Gasteiger partial charge in [0.2, 0.25) is 5.88 Å². The van der Waals surface area contributed by atoms with E-state index in [-0.39, 0.29) is 52.0 Å². The van der Waals surface area contributed by atoms with Crippen LogP contribution in [0.5, 0.6) is 5.88 Å². The van der Waals surface area contributed by atoms with Crippen molar-refractivity contribution in [3.8, 4) is 11.9 Å². The van der Waals surface area contributed by atoms with Gasteiger partial charge in [-0.1, -0.05) is 13.0 Å². The second kappa shape index (κ2) is 13.0. The summed E-state index contributed by atoms with van der Waals surface area (Å²) < 4.78 is 62.1. The topological polar surface area (TPSA) is 118 Å². The zero-order chi connectivity index (χ0) is 35.0. The second-order valence-corrected chi connectivity index (χ2v) is 12.8. The fraction of sp³-hybridized carbons (Fsp3) is 0.412. The number of aromatic nitrogens is 2. The van der Waals surface area contributed by atoms with Crippen LogP contribution in [-0.2, 0) is 26.6 Å². The minimum Gasteiger partial charge on any atom is -0.474 e. The predicted molar refractivity (Wildman–Crippen MR) is 176 cm³/mol. The fourth-order valence-corrected chi connectivity index (χ4v) is 6.15. The first-order chi connectivity index (χ1) is 22.7. The van der Waals surface area contributed by atoms with Crippen LogP contribution < -0.4 is 14.5 Å². The van der Waals surface area contributed by atoms with Gasteiger partial charge in [0, 0.05) is 17.7 Å². The SMILES string of the molecule is C/C=C/C(F)(F)c1cc(N2C(=O)C3(CCC3)N(c3cc(F)c4nc(CC)nc(OCCOC(=O)OC(C)(C)C)c4c3)C2=S)ccc1C#N. The minimum absolute atomic E-state index is 0.0208. The molecule has 1 saturated carbocycles. The van der Waals surface area contributed by atoms with Gasteiger partial charge < -0.3 is 19.1 Å². The highest BCUT2D eigenvalue weighted by molar-refractivity contribution is 7.81. The molecule has 14 heteroatoms. The summed E-state index contributed by atoms with van der Waals surface area (Å²) in [5, 5.41) is 9.68. The number of nitrogens with zero attached hydrogens (tertiary/aromatic N) is 5. The van der Waals surface area contributed by atoms with Crippen molar-refractivity contribution in [3.05, 3.63) is 65.3 Å². The maximum Gasteiger partial charge on any atom is 0.508 e. The van der Waals surface area contributed by atoms with Gasteiger partial charge in [0.15, 0.2) is 10.9 Å². The van der Waals surface area contributed by atoms with Crippen molar-refractivity contribution in [3.63, 3.8) is 0 Å². The molecule has 48 heavy (non-hydrogen) atoms. The summed E-state index contributed by atoms with van der Waals surface area (Å²) in [6.07, 6.45) is 2.81. The van der Waals surface area contributed by atoms with Gasteiger partial charge in [-0.2, -0.15) is 19.0 Å². The Labute approximate surface area is 281 Å². The fourth-order valence-electron chi connectivity index (χ4n) is 5.68. The first-order valence-corrected chi connectivity index (χ1v) is 15.8. The number of fused-ring (bicyclic) bond motifs is 1. The molecule has 1 aliphatic heterocycles. The second-order valence-electron chi connectivity index (χ2n) is 12.4. The highest BCUT2D eigenvalue weighted by Gasteiger charge is 2.59. The van der Waals surface area contributed by atoms with Crippen LogP contribution in [-0.4, -0.2) is 51.5 Å². The van der Waals surface area contributed by atoms with Crippen LogP contribution in [0, 0.1) is 17.1 Å². The van der Waals surface area contributed by atoms with E-state index in [0.717, 1.165) is 11.0 Å². The number of aryl methyl sites for hydroxylation is 1.